The molecule has 20 heavy (non-hydrogen) atoms. The van der Waals surface area contributed by atoms with E-state index in [0.717, 1.165) is 5.56 Å². The molecular weight excluding hydrogens is 252 g/mol. The van der Waals surface area contributed by atoms with Crippen LogP contribution in [-0.4, -0.2) is 22.6 Å². The molecule has 4 nitrogen and oxygen atoms in total. The first-order valence-electron chi connectivity index (χ1n) is 6.22. The number of carbonyl (C=O) groups excluding carboxylic acids is 1. The Balaban J connectivity index is 2.03. The molecule has 0 aliphatic heterocycles. The monoisotopic (exact) mass is 266 g/mol. The Kier molecular flexibility index (Phi) is 4.87. The van der Waals surface area contributed by atoms with E-state index in [4.69, 9.17) is 5.11 Å². The van der Waals surface area contributed by atoms with Crippen LogP contribution in [0.2, 0.25) is 0 Å². The highest BCUT2D eigenvalue weighted by Crippen LogP contribution is 2.07. The van der Waals surface area contributed by atoms with Crippen LogP contribution in [0.1, 0.15) is 22.3 Å². The van der Waals surface area contributed by atoms with Crippen LogP contribution in [0.25, 0.3) is 0 Å². The fourth-order valence-corrected chi connectivity index (χ4v) is 1.55. The zero-order valence-electron chi connectivity index (χ0n) is 10.8. The van der Waals surface area contributed by atoms with E-state index in [1.807, 2.05) is 6.07 Å². The van der Waals surface area contributed by atoms with Crippen molar-refractivity contribution >= 4 is 11.7 Å². The second-order valence-electron chi connectivity index (χ2n) is 4.02. The van der Waals surface area contributed by atoms with Crippen LogP contribution in [0, 0.1) is 11.8 Å². The Labute approximate surface area is 117 Å². The van der Waals surface area contributed by atoms with E-state index in [0.29, 0.717) is 17.8 Å². The average Bonchev–Trinajstić information content (AvgIpc) is 2.49. The number of hydrogen-bond acceptors (Lipinski definition) is 3. The third kappa shape index (κ3) is 3.94. The molecule has 1 amide bonds. The third-order valence-corrected chi connectivity index (χ3v) is 2.52. The molecule has 100 valence electrons. The standard InChI is InChI=1S/C16H14N2O2/c19-12-4-2-5-13-7-9-14(10-8-13)16(20)18-15-6-1-3-11-17-15/h1,3,6-11,19H,4,12H2,(H,17,18,20). The van der Waals surface area contributed by atoms with Crippen molar-refractivity contribution in [3.8, 4) is 11.8 Å². The van der Waals surface area contributed by atoms with Gasteiger partial charge < -0.3 is 10.4 Å². The number of anilines is 1. The summed E-state index contributed by atoms with van der Waals surface area (Å²) in [4.78, 5) is 16.0. The molecule has 0 spiro atoms. The number of carbonyl (C=O) groups is 1. The molecule has 0 radical (unpaired) electrons. The van der Waals surface area contributed by atoms with Gasteiger partial charge >= 0.3 is 0 Å². The van der Waals surface area contributed by atoms with Crippen LogP contribution in [-0.2, 0) is 0 Å². The number of aliphatic hydroxyl groups excluding tert-OH is 1. The molecule has 1 aromatic carbocycles. The van der Waals surface area contributed by atoms with E-state index in [-0.39, 0.29) is 12.5 Å². The first-order valence-corrected chi connectivity index (χ1v) is 6.22. The van der Waals surface area contributed by atoms with Crippen LogP contribution in [0.5, 0.6) is 0 Å². The van der Waals surface area contributed by atoms with Crippen molar-refractivity contribution in [1.29, 1.82) is 0 Å². The summed E-state index contributed by atoms with van der Waals surface area (Å²) < 4.78 is 0. The van der Waals surface area contributed by atoms with Crippen LogP contribution < -0.4 is 5.32 Å². The fraction of sp³-hybridized carbons (Fsp3) is 0.125. The maximum absolute atomic E-state index is 12.0. The van der Waals surface area contributed by atoms with Crippen LogP contribution >= 0.6 is 0 Å². The topological polar surface area (TPSA) is 62.2 Å². The molecule has 0 atom stereocenters. The lowest BCUT2D eigenvalue weighted by Crippen LogP contribution is -2.12. The van der Waals surface area contributed by atoms with Gasteiger partial charge in [0.1, 0.15) is 5.82 Å². The number of amides is 1. The summed E-state index contributed by atoms with van der Waals surface area (Å²) in [5.74, 6) is 6.04. The van der Waals surface area contributed by atoms with Gasteiger partial charge in [0, 0.05) is 23.7 Å². The Morgan fingerprint density at radius 2 is 2.00 bits per heavy atom. The Hall–Kier alpha value is -2.64. The zero-order valence-corrected chi connectivity index (χ0v) is 10.8. The summed E-state index contributed by atoms with van der Waals surface area (Å²) in [6, 6.07) is 12.3. The minimum Gasteiger partial charge on any atom is -0.395 e. The van der Waals surface area contributed by atoms with Gasteiger partial charge in [-0.1, -0.05) is 17.9 Å². The van der Waals surface area contributed by atoms with Crippen molar-refractivity contribution in [2.24, 2.45) is 0 Å². The van der Waals surface area contributed by atoms with Gasteiger partial charge in [-0.2, -0.15) is 0 Å². The summed E-state index contributed by atoms with van der Waals surface area (Å²) in [6.07, 6.45) is 2.07. The van der Waals surface area contributed by atoms with E-state index in [1.165, 1.54) is 0 Å². The molecule has 1 heterocycles. The minimum absolute atomic E-state index is 0.0531. The largest absolute Gasteiger partial charge is 0.395 e. The van der Waals surface area contributed by atoms with Crippen molar-refractivity contribution in [3.63, 3.8) is 0 Å². The molecule has 1 aromatic heterocycles. The average molecular weight is 266 g/mol. The van der Waals surface area contributed by atoms with Crippen molar-refractivity contribution in [2.75, 3.05) is 11.9 Å². The van der Waals surface area contributed by atoms with Crippen molar-refractivity contribution < 1.29 is 9.90 Å². The summed E-state index contributed by atoms with van der Waals surface area (Å²) >= 11 is 0. The number of aromatic nitrogens is 1. The maximum atomic E-state index is 12.0. The van der Waals surface area contributed by atoms with Gasteiger partial charge in [-0.15, -0.1) is 0 Å². The van der Waals surface area contributed by atoms with E-state index >= 15 is 0 Å². The summed E-state index contributed by atoms with van der Waals surface area (Å²) in [7, 11) is 0. The highest BCUT2D eigenvalue weighted by atomic mass is 16.2. The molecule has 0 aliphatic carbocycles. The van der Waals surface area contributed by atoms with Crippen LogP contribution in [0.3, 0.4) is 0 Å². The number of nitrogens with zero attached hydrogens (tertiary/aromatic N) is 1. The highest BCUT2D eigenvalue weighted by Gasteiger charge is 2.05. The van der Waals surface area contributed by atoms with Crippen LogP contribution in [0.4, 0.5) is 5.82 Å². The van der Waals surface area contributed by atoms with Crippen molar-refractivity contribution in [2.45, 2.75) is 6.42 Å². The lowest BCUT2D eigenvalue weighted by molar-refractivity contribution is 0.102. The van der Waals surface area contributed by atoms with E-state index in [2.05, 4.69) is 22.1 Å². The predicted octanol–water partition coefficient (Wildman–Crippen LogP) is 2.07. The molecule has 0 unspecified atom stereocenters. The van der Waals surface area contributed by atoms with Crippen molar-refractivity contribution in [1.82, 2.24) is 4.98 Å². The second-order valence-corrected chi connectivity index (χ2v) is 4.02. The van der Waals surface area contributed by atoms with E-state index in [1.54, 1.807) is 42.6 Å². The Morgan fingerprint density at radius 3 is 2.65 bits per heavy atom. The van der Waals surface area contributed by atoms with Gasteiger partial charge in [-0.05, 0) is 36.4 Å². The second kappa shape index (κ2) is 7.07. The number of hydrogen-bond donors (Lipinski definition) is 2. The smallest absolute Gasteiger partial charge is 0.256 e. The molecule has 0 bridgehead atoms. The lowest BCUT2D eigenvalue weighted by Gasteiger charge is -2.03. The van der Waals surface area contributed by atoms with Gasteiger partial charge in [0.25, 0.3) is 5.91 Å². The van der Waals surface area contributed by atoms with Crippen LogP contribution in [0.15, 0.2) is 48.7 Å². The van der Waals surface area contributed by atoms with Gasteiger partial charge in [0.2, 0.25) is 0 Å². The molecule has 0 saturated carbocycles. The molecular formula is C16H14N2O2. The Bertz CT molecular complexity index is 625. The third-order valence-electron chi connectivity index (χ3n) is 2.52. The summed E-state index contributed by atoms with van der Waals surface area (Å²) in [5, 5.41) is 11.4. The highest BCUT2D eigenvalue weighted by molar-refractivity contribution is 6.03. The molecule has 2 N–H and O–H groups in total. The van der Waals surface area contributed by atoms with E-state index < -0.39 is 0 Å². The maximum Gasteiger partial charge on any atom is 0.256 e. The first-order chi connectivity index (χ1) is 9.79. The molecule has 2 rings (SSSR count). The summed E-state index contributed by atoms with van der Waals surface area (Å²) in [5.41, 5.74) is 1.36. The molecule has 0 saturated heterocycles. The fourth-order valence-electron chi connectivity index (χ4n) is 1.55. The quantitative estimate of drug-likeness (QED) is 0.836. The number of nitrogens with one attached hydrogen (secondary N) is 1. The predicted molar refractivity (Wildman–Crippen MR) is 77.2 cm³/mol. The molecule has 4 heteroatoms. The summed E-state index contributed by atoms with van der Waals surface area (Å²) in [6.45, 7) is 0.0531. The number of rotatable bonds is 3. The molecule has 0 fully saturated rings. The molecule has 0 aliphatic rings. The first kappa shape index (κ1) is 13.8. The van der Waals surface area contributed by atoms with Gasteiger partial charge in [0.05, 0.1) is 6.61 Å². The lowest BCUT2D eigenvalue weighted by atomic mass is 10.1. The Morgan fingerprint density at radius 1 is 1.20 bits per heavy atom. The van der Waals surface area contributed by atoms with Gasteiger partial charge in [0.15, 0.2) is 0 Å². The number of benzene rings is 1. The van der Waals surface area contributed by atoms with Crippen molar-refractivity contribution in [3.05, 3.63) is 59.8 Å². The normalized spacial score (nSPS) is 9.45. The van der Waals surface area contributed by atoms with Gasteiger partial charge in [-0.3, -0.25) is 4.79 Å². The number of pyridine rings is 1. The molecule has 2 aromatic rings. The minimum atomic E-state index is -0.210. The zero-order chi connectivity index (χ0) is 14.2. The van der Waals surface area contributed by atoms with E-state index in [9.17, 15) is 4.79 Å². The van der Waals surface area contributed by atoms with Gasteiger partial charge in [-0.25, -0.2) is 4.98 Å². The number of aliphatic hydroxyl groups is 1. The SMILES string of the molecule is O=C(Nc1ccccn1)c1ccc(C#CCCO)cc1.